The van der Waals surface area contributed by atoms with Crippen LogP contribution >= 0.6 is 0 Å². The standard InChI is InChI=1S/C12H14N4O2S/c1-9-6-14-4-2-10(9)7-16-19(17,18)12-8-15-5-3-11(12)13/h2-6,8,16H,7H2,1H3,(H2,13,15). The predicted molar refractivity (Wildman–Crippen MR) is 71.6 cm³/mol. The molecular weight excluding hydrogens is 264 g/mol. The molecule has 0 aliphatic rings. The lowest BCUT2D eigenvalue weighted by molar-refractivity contribution is 0.581. The number of nitrogen functional groups attached to an aromatic ring is 1. The van der Waals surface area contributed by atoms with E-state index in [-0.39, 0.29) is 17.1 Å². The maximum absolute atomic E-state index is 12.1. The van der Waals surface area contributed by atoms with E-state index in [2.05, 4.69) is 14.7 Å². The number of pyridine rings is 2. The molecule has 2 rings (SSSR count). The summed E-state index contributed by atoms with van der Waals surface area (Å²) in [5, 5.41) is 0. The van der Waals surface area contributed by atoms with Crippen LogP contribution in [0.2, 0.25) is 0 Å². The number of aromatic nitrogens is 2. The molecule has 0 aliphatic carbocycles. The van der Waals surface area contributed by atoms with Crippen LogP contribution in [0.3, 0.4) is 0 Å². The highest BCUT2D eigenvalue weighted by molar-refractivity contribution is 7.89. The van der Waals surface area contributed by atoms with E-state index < -0.39 is 10.0 Å². The molecule has 6 nitrogen and oxygen atoms in total. The van der Waals surface area contributed by atoms with Crippen LogP contribution in [0.25, 0.3) is 0 Å². The van der Waals surface area contributed by atoms with Crippen molar-refractivity contribution >= 4 is 15.7 Å². The fourth-order valence-corrected chi connectivity index (χ4v) is 2.65. The van der Waals surface area contributed by atoms with Gasteiger partial charge >= 0.3 is 0 Å². The van der Waals surface area contributed by atoms with Gasteiger partial charge in [0.05, 0.1) is 5.69 Å². The summed E-state index contributed by atoms with van der Waals surface area (Å²) in [6.45, 7) is 2.06. The zero-order chi connectivity index (χ0) is 13.9. The van der Waals surface area contributed by atoms with Crippen molar-refractivity contribution in [3.05, 3.63) is 48.0 Å². The highest BCUT2D eigenvalue weighted by Gasteiger charge is 2.17. The van der Waals surface area contributed by atoms with Gasteiger partial charge in [0.1, 0.15) is 4.90 Å². The second-order valence-electron chi connectivity index (χ2n) is 4.04. The maximum atomic E-state index is 12.1. The monoisotopic (exact) mass is 278 g/mol. The van der Waals surface area contributed by atoms with E-state index in [4.69, 9.17) is 5.73 Å². The molecule has 0 radical (unpaired) electrons. The summed E-state index contributed by atoms with van der Waals surface area (Å²) < 4.78 is 26.7. The normalized spacial score (nSPS) is 11.4. The summed E-state index contributed by atoms with van der Waals surface area (Å²) >= 11 is 0. The van der Waals surface area contributed by atoms with E-state index in [1.807, 2.05) is 6.92 Å². The van der Waals surface area contributed by atoms with Crippen LogP contribution in [-0.2, 0) is 16.6 Å². The van der Waals surface area contributed by atoms with Crippen LogP contribution in [0.15, 0.2) is 41.8 Å². The Kier molecular flexibility index (Phi) is 3.77. The zero-order valence-corrected chi connectivity index (χ0v) is 11.2. The summed E-state index contributed by atoms with van der Waals surface area (Å²) in [4.78, 5) is 7.72. The molecule has 0 spiro atoms. The number of nitrogens with two attached hydrogens (primary N) is 1. The largest absolute Gasteiger partial charge is 0.398 e. The van der Waals surface area contributed by atoms with E-state index in [1.54, 1.807) is 18.5 Å². The molecule has 2 heterocycles. The van der Waals surface area contributed by atoms with E-state index in [1.165, 1.54) is 18.5 Å². The van der Waals surface area contributed by atoms with Gasteiger partial charge in [-0.15, -0.1) is 0 Å². The van der Waals surface area contributed by atoms with Gasteiger partial charge in [-0.2, -0.15) is 0 Å². The summed E-state index contributed by atoms with van der Waals surface area (Å²) in [7, 11) is -3.66. The van der Waals surface area contributed by atoms with Crippen molar-refractivity contribution in [2.75, 3.05) is 5.73 Å². The number of anilines is 1. The Labute approximate surface area is 111 Å². The number of rotatable bonds is 4. The number of hydrogen-bond acceptors (Lipinski definition) is 5. The minimum Gasteiger partial charge on any atom is -0.398 e. The van der Waals surface area contributed by atoms with Crippen molar-refractivity contribution in [3.8, 4) is 0 Å². The van der Waals surface area contributed by atoms with Gasteiger partial charge in [-0.25, -0.2) is 13.1 Å². The van der Waals surface area contributed by atoms with Gasteiger partial charge in [0.25, 0.3) is 0 Å². The van der Waals surface area contributed by atoms with Crippen molar-refractivity contribution in [2.24, 2.45) is 0 Å². The molecule has 0 saturated heterocycles. The van der Waals surface area contributed by atoms with Crippen LogP contribution in [-0.4, -0.2) is 18.4 Å². The number of aryl methyl sites for hydroxylation is 1. The molecule has 2 aromatic heterocycles. The predicted octanol–water partition coefficient (Wildman–Crippen LogP) is 0.846. The summed E-state index contributed by atoms with van der Waals surface area (Å²) in [6.07, 6.45) is 5.98. The Hall–Kier alpha value is -1.99. The van der Waals surface area contributed by atoms with Crippen molar-refractivity contribution in [1.82, 2.24) is 14.7 Å². The third-order valence-corrected chi connectivity index (χ3v) is 4.14. The molecule has 0 atom stereocenters. The van der Waals surface area contributed by atoms with Gasteiger partial charge in [-0.3, -0.25) is 9.97 Å². The van der Waals surface area contributed by atoms with Gasteiger partial charge in [-0.05, 0) is 30.2 Å². The van der Waals surface area contributed by atoms with E-state index in [0.29, 0.717) is 0 Å². The lowest BCUT2D eigenvalue weighted by atomic mass is 10.2. The van der Waals surface area contributed by atoms with Crippen molar-refractivity contribution in [1.29, 1.82) is 0 Å². The molecule has 7 heteroatoms. The zero-order valence-electron chi connectivity index (χ0n) is 10.4. The Morgan fingerprint density at radius 3 is 2.58 bits per heavy atom. The highest BCUT2D eigenvalue weighted by atomic mass is 32.2. The quantitative estimate of drug-likeness (QED) is 0.863. The maximum Gasteiger partial charge on any atom is 0.244 e. The van der Waals surface area contributed by atoms with Crippen molar-refractivity contribution in [2.45, 2.75) is 18.4 Å². The molecule has 0 bridgehead atoms. The first-order chi connectivity index (χ1) is 9.00. The third-order valence-electron chi connectivity index (χ3n) is 2.70. The molecule has 0 saturated carbocycles. The molecule has 19 heavy (non-hydrogen) atoms. The second kappa shape index (κ2) is 5.33. The Balaban J connectivity index is 2.20. The molecule has 3 N–H and O–H groups in total. The topological polar surface area (TPSA) is 98.0 Å². The first-order valence-corrected chi connectivity index (χ1v) is 7.07. The van der Waals surface area contributed by atoms with Crippen LogP contribution in [0.1, 0.15) is 11.1 Å². The van der Waals surface area contributed by atoms with Crippen LogP contribution in [0, 0.1) is 6.92 Å². The number of nitrogens with one attached hydrogen (secondary N) is 1. The molecule has 0 amide bonds. The third kappa shape index (κ3) is 3.07. The summed E-state index contributed by atoms with van der Waals surface area (Å²) in [6, 6.07) is 3.22. The number of nitrogens with zero attached hydrogens (tertiary/aromatic N) is 2. The SMILES string of the molecule is Cc1cnccc1CNS(=O)(=O)c1cnccc1N. The lowest BCUT2D eigenvalue weighted by Crippen LogP contribution is -2.24. The molecule has 2 aromatic rings. The Bertz CT molecular complexity index is 686. The van der Waals surface area contributed by atoms with Crippen molar-refractivity contribution in [3.63, 3.8) is 0 Å². The van der Waals surface area contributed by atoms with E-state index in [0.717, 1.165) is 11.1 Å². The molecule has 0 aliphatic heterocycles. The van der Waals surface area contributed by atoms with Crippen molar-refractivity contribution < 1.29 is 8.42 Å². The lowest BCUT2D eigenvalue weighted by Gasteiger charge is -2.09. The van der Waals surface area contributed by atoms with Crippen LogP contribution in [0.4, 0.5) is 5.69 Å². The van der Waals surface area contributed by atoms with Crippen LogP contribution < -0.4 is 10.5 Å². The fraction of sp³-hybridized carbons (Fsp3) is 0.167. The molecule has 0 unspecified atom stereocenters. The minimum atomic E-state index is -3.66. The van der Waals surface area contributed by atoms with Gasteiger partial charge in [0, 0.05) is 31.3 Å². The van der Waals surface area contributed by atoms with Crippen LogP contribution in [0.5, 0.6) is 0 Å². The average Bonchev–Trinajstić information content (AvgIpc) is 2.38. The smallest absolute Gasteiger partial charge is 0.244 e. The highest BCUT2D eigenvalue weighted by Crippen LogP contribution is 2.16. The van der Waals surface area contributed by atoms with Gasteiger partial charge in [-0.1, -0.05) is 0 Å². The summed E-state index contributed by atoms with van der Waals surface area (Å²) in [5.41, 5.74) is 7.59. The Morgan fingerprint density at radius 2 is 1.89 bits per heavy atom. The number of hydrogen-bond donors (Lipinski definition) is 2. The average molecular weight is 278 g/mol. The second-order valence-corrected chi connectivity index (χ2v) is 5.78. The van der Waals surface area contributed by atoms with Gasteiger partial charge < -0.3 is 5.73 Å². The van der Waals surface area contributed by atoms with Gasteiger partial charge in [0.2, 0.25) is 10.0 Å². The fourth-order valence-electron chi connectivity index (χ4n) is 1.57. The molecular formula is C12H14N4O2S. The molecule has 0 fully saturated rings. The molecule has 100 valence electrons. The van der Waals surface area contributed by atoms with E-state index >= 15 is 0 Å². The molecule has 0 aromatic carbocycles. The first-order valence-electron chi connectivity index (χ1n) is 5.59. The van der Waals surface area contributed by atoms with E-state index in [9.17, 15) is 8.42 Å². The first kappa shape index (κ1) is 13.4. The van der Waals surface area contributed by atoms with Gasteiger partial charge in [0.15, 0.2) is 0 Å². The minimum absolute atomic E-state index is 0.0123. The summed E-state index contributed by atoms with van der Waals surface area (Å²) in [5.74, 6) is 0. The number of sulfonamides is 1. The Morgan fingerprint density at radius 1 is 1.21 bits per heavy atom.